The number of aryl methyl sites for hydroxylation is 1. The maximum atomic E-state index is 13.1. The number of anilines is 1. The van der Waals surface area contributed by atoms with Crippen molar-refractivity contribution in [1.29, 1.82) is 0 Å². The molecule has 0 atom stereocenters. The Morgan fingerprint density at radius 3 is 2.33 bits per heavy atom. The number of azo groups is 1. The number of rotatable bonds is 4. The molecular weight excluding hydrogens is 398 g/mol. The number of nitrogens with two attached hydrogens (primary N) is 1. The Bertz CT molecular complexity index is 1380. The quantitative estimate of drug-likeness (QED) is 0.329. The lowest BCUT2D eigenvalue weighted by atomic mass is 10.0. The highest BCUT2D eigenvalue weighted by molar-refractivity contribution is 7.91. The van der Waals surface area contributed by atoms with Crippen molar-refractivity contribution >= 4 is 37.7 Å². The molecule has 0 aliphatic carbocycles. The zero-order valence-electron chi connectivity index (χ0n) is 16.1. The van der Waals surface area contributed by atoms with Crippen LogP contribution < -0.4 is 5.73 Å². The summed E-state index contributed by atoms with van der Waals surface area (Å²) in [6.07, 6.45) is 0. The summed E-state index contributed by atoms with van der Waals surface area (Å²) < 4.78 is 26.1. The second kappa shape index (κ2) is 7.61. The minimum atomic E-state index is -3.77. The van der Waals surface area contributed by atoms with Gasteiger partial charge in [-0.2, -0.15) is 0 Å². The SMILES string of the molecule is Cc1cc(O)c2c(/N=N/c3ccccc3S(=O)(=O)c3ccccc3)c(N)ccc2c1. The van der Waals surface area contributed by atoms with Crippen molar-refractivity contribution in [2.45, 2.75) is 16.7 Å². The molecule has 0 fully saturated rings. The number of fused-ring (bicyclic) bond motifs is 1. The number of aromatic hydroxyl groups is 1. The molecule has 0 bridgehead atoms. The van der Waals surface area contributed by atoms with Gasteiger partial charge in [0.1, 0.15) is 17.1 Å². The number of phenolic OH excluding ortho intramolecular Hbond substituents is 1. The highest BCUT2D eigenvalue weighted by atomic mass is 32.2. The summed E-state index contributed by atoms with van der Waals surface area (Å²) in [6.45, 7) is 1.88. The fourth-order valence-corrected chi connectivity index (χ4v) is 4.70. The van der Waals surface area contributed by atoms with Crippen molar-refractivity contribution in [3.05, 3.63) is 84.4 Å². The van der Waals surface area contributed by atoms with E-state index in [0.29, 0.717) is 11.1 Å². The average Bonchev–Trinajstić information content (AvgIpc) is 2.74. The van der Waals surface area contributed by atoms with Crippen LogP contribution in [0.15, 0.2) is 98.9 Å². The fourth-order valence-electron chi connectivity index (χ4n) is 3.29. The molecule has 7 heteroatoms. The molecule has 0 aliphatic heterocycles. The van der Waals surface area contributed by atoms with Gasteiger partial charge in [0, 0.05) is 0 Å². The monoisotopic (exact) mass is 417 g/mol. The Hall–Kier alpha value is -3.71. The van der Waals surface area contributed by atoms with Crippen LogP contribution in [-0.2, 0) is 9.84 Å². The van der Waals surface area contributed by atoms with Crippen LogP contribution in [0.4, 0.5) is 17.1 Å². The molecule has 4 aromatic carbocycles. The summed E-state index contributed by atoms with van der Waals surface area (Å²) >= 11 is 0. The number of nitrogen functional groups attached to an aromatic ring is 1. The lowest BCUT2D eigenvalue weighted by molar-refractivity contribution is 0.481. The minimum Gasteiger partial charge on any atom is -0.507 e. The number of hydrogen-bond donors (Lipinski definition) is 2. The first kappa shape index (κ1) is 19.6. The van der Waals surface area contributed by atoms with Gasteiger partial charge >= 0.3 is 0 Å². The largest absolute Gasteiger partial charge is 0.507 e. The van der Waals surface area contributed by atoms with Crippen molar-refractivity contribution in [3.63, 3.8) is 0 Å². The smallest absolute Gasteiger partial charge is 0.208 e. The van der Waals surface area contributed by atoms with Crippen molar-refractivity contribution < 1.29 is 13.5 Å². The van der Waals surface area contributed by atoms with Crippen LogP contribution in [0.3, 0.4) is 0 Å². The van der Waals surface area contributed by atoms with Crippen LogP contribution in [0.1, 0.15) is 5.56 Å². The van der Waals surface area contributed by atoms with Gasteiger partial charge in [-0.15, -0.1) is 10.2 Å². The van der Waals surface area contributed by atoms with E-state index in [0.717, 1.165) is 10.9 Å². The molecule has 150 valence electrons. The summed E-state index contributed by atoms with van der Waals surface area (Å²) in [4.78, 5) is 0.212. The standard InChI is InChI=1S/C23H19N3O3S/c1-15-13-16-11-12-18(24)23(22(16)20(27)14-15)26-25-19-9-5-6-10-21(19)30(28,29)17-7-3-2-4-8-17/h2-14,27H,24H2,1H3/b26-25+. The van der Waals surface area contributed by atoms with Crippen LogP contribution in [-0.4, -0.2) is 13.5 Å². The predicted octanol–water partition coefficient (Wildman–Crippen LogP) is 5.68. The van der Waals surface area contributed by atoms with Crippen molar-refractivity contribution in [2.24, 2.45) is 10.2 Å². The van der Waals surface area contributed by atoms with Gasteiger partial charge in [-0.05, 0) is 54.3 Å². The molecule has 0 aromatic heterocycles. The maximum absolute atomic E-state index is 13.1. The molecule has 0 heterocycles. The number of phenols is 1. The van der Waals surface area contributed by atoms with E-state index in [4.69, 9.17) is 5.73 Å². The van der Waals surface area contributed by atoms with Crippen LogP contribution in [0, 0.1) is 6.92 Å². The van der Waals surface area contributed by atoms with Gasteiger partial charge in [-0.25, -0.2) is 8.42 Å². The van der Waals surface area contributed by atoms with Gasteiger partial charge < -0.3 is 10.8 Å². The van der Waals surface area contributed by atoms with Gasteiger partial charge in [0.2, 0.25) is 9.84 Å². The Morgan fingerprint density at radius 2 is 1.57 bits per heavy atom. The van der Waals surface area contributed by atoms with E-state index < -0.39 is 9.84 Å². The number of sulfone groups is 1. The molecule has 0 saturated carbocycles. The molecule has 0 aliphatic rings. The highest BCUT2D eigenvalue weighted by Crippen LogP contribution is 2.40. The first-order valence-electron chi connectivity index (χ1n) is 9.20. The van der Waals surface area contributed by atoms with Crippen LogP contribution in [0.25, 0.3) is 10.8 Å². The third kappa shape index (κ3) is 3.51. The average molecular weight is 417 g/mol. The van der Waals surface area contributed by atoms with E-state index in [-0.39, 0.29) is 26.9 Å². The van der Waals surface area contributed by atoms with Crippen LogP contribution in [0.5, 0.6) is 5.75 Å². The summed E-state index contributed by atoms with van der Waals surface area (Å²) in [6, 6.07) is 21.5. The van der Waals surface area contributed by atoms with Crippen molar-refractivity contribution in [3.8, 4) is 5.75 Å². The maximum Gasteiger partial charge on any atom is 0.208 e. The topological polar surface area (TPSA) is 105 Å². The molecular formula is C23H19N3O3S. The summed E-state index contributed by atoms with van der Waals surface area (Å²) in [5.41, 5.74) is 7.79. The first-order chi connectivity index (χ1) is 14.4. The summed E-state index contributed by atoms with van der Waals surface area (Å²) in [7, 11) is -3.77. The molecule has 4 rings (SSSR count). The minimum absolute atomic E-state index is 0.0384. The molecule has 6 nitrogen and oxygen atoms in total. The predicted molar refractivity (Wildman–Crippen MR) is 117 cm³/mol. The van der Waals surface area contributed by atoms with Gasteiger partial charge in [0.25, 0.3) is 0 Å². The molecule has 0 amide bonds. The molecule has 3 N–H and O–H groups in total. The molecule has 30 heavy (non-hydrogen) atoms. The van der Waals surface area contributed by atoms with E-state index in [1.807, 2.05) is 13.0 Å². The van der Waals surface area contributed by atoms with E-state index in [1.54, 1.807) is 54.6 Å². The molecule has 4 aromatic rings. The summed E-state index contributed by atoms with van der Waals surface area (Å²) in [5.74, 6) is 0.0384. The van der Waals surface area contributed by atoms with Gasteiger partial charge in [-0.1, -0.05) is 42.5 Å². The highest BCUT2D eigenvalue weighted by Gasteiger charge is 2.21. The van der Waals surface area contributed by atoms with Crippen molar-refractivity contribution in [2.75, 3.05) is 5.73 Å². The van der Waals surface area contributed by atoms with E-state index in [2.05, 4.69) is 10.2 Å². The Morgan fingerprint density at radius 1 is 0.867 bits per heavy atom. The second-order valence-corrected chi connectivity index (χ2v) is 8.79. The lowest BCUT2D eigenvalue weighted by Crippen LogP contribution is -2.01. The number of benzene rings is 4. The third-order valence-electron chi connectivity index (χ3n) is 4.71. The zero-order valence-corrected chi connectivity index (χ0v) is 17.0. The van der Waals surface area contributed by atoms with E-state index in [1.165, 1.54) is 18.2 Å². The van der Waals surface area contributed by atoms with E-state index >= 15 is 0 Å². The fraction of sp³-hybridized carbons (Fsp3) is 0.0435. The molecule has 0 spiro atoms. The van der Waals surface area contributed by atoms with Crippen LogP contribution in [0.2, 0.25) is 0 Å². The van der Waals surface area contributed by atoms with Crippen LogP contribution >= 0.6 is 0 Å². The first-order valence-corrected chi connectivity index (χ1v) is 10.7. The van der Waals surface area contributed by atoms with Crippen molar-refractivity contribution in [1.82, 2.24) is 0 Å². The lowest BCUT2D eigenvalue weighted by Gasteiger charge is -2.09. The Kier molecular flexibility index (Phi) is 4.97. The number of hydrogen-bond acceptors (Lipinski definition) is 6. The molecule has 0 saturated heterocycles. The van der Waals surface area contributed by atoms with E-state index in [9.17, 15) is 13.5 Å². The summed E-state index contributed by atoms with van der Waals surface area (Å²) in [5, 5.41) is 20.1. The van der Waals surface area contributed by atoms with Gasteiger partial charge in [0.05, 0.1) is 20.9 Å². The van der Waals surface area contributed by atoms with Gasteiger partial charge in [0.15, 0.2) is 0 Å². The normalized spacial score (nSPS) is 11.9. The Labute approximate surface area is 174 Å². The molecule has 0 unspecified atom stereocenters. The Balaban J connectivity index is 1.86. The zero-order chi connectivity index (χ0) is 21.3. The third-order valence-corrected chi connectivity index (χ3v) is 6.53. The van der Waals surface area contributed by atoms with Gasteiger partial charge in [-0.3, -0.25) is 0 Å². The molecule has 0 radical (unpaired) electrons. The second-order valence-electron chi connectivity index (χ2n) is 6.87. The number of nitrogens with zero attached hydrogens (tertiary/aromatic N) is 2.